The summed E-state index contributed by atoms with van der Waals surface area (Å²) >= 11 is 0. The minimum absolute atomic E-state index is 0. The van der Waals surface area contributed by atoms with Gasteiger partial charge in [-0.2, -0.15) is 0 Å². The third-order valence-corrected chi connectivity index (χ3v) is 6.04. The van der Waals surface area contributed by atoms with E-state index in [9.17, 15) is 0 Å². The van der Waals surface area contributed by atoms with Crippen LogP contribution in [0, 0.1) is 41.7 Å². The molecule has 57 valence electrons. The Morgan fingerprint density at radius 3 is 0.900 bits per heavy atom. The third kappa shape index (κ3) is 12.4. The van der Waals surface area contributed by atoms with Gasteiger partial charge in [-0.05, 0) is 0 Å². The van der Waals surface area contributed by atoms with Gasteiger partial charge in [0.2, 0.25) is 0 Å². The fraction of sp³-hybridized carbons (Fsp3) is 1.00. The molecule has 0 saturated heterocycles. The Hall–Kier alpha value is 1.77. The van der Waals surface area contributed by atoms with Crippen molar-refractivity contribution in [1.82, 2.24) is 0 Å². The fourth-order valence-corrected chi connectivity index (χ4v) is 9.06. The fourth-order valence-electron chi connectivity index (χ4n) is 1.01. The summed E-state index contributed by atoms with van der Waals surface area (Å²) < 4.78 is 4.82. The second kappa shape index (κ2) is 4.71. The van der Waals surface area contributed by atoms with Gasteiger partial charge >= 0.3 is 41.7 Å². The van der Waals surface area contributed by atoms with Gasteiger partial charge in [0.25, 0.3) is 0 Å². The summed E-state index contributed by atoms with van der Waals surface area (Å²) in [5.41, 5.74) is 0. The molecule has 0 aliphatic heterocycles. The van der Waals surface area contributed by atoms with Crippen molar-refractivity contribution in [3.63, 3.8) is 0 Å². The van der Waals surface area contributed by atoms with Gasteiger partial charge in [0, 0.05) is 0 Å². The van der Waals surface area contributed by atoms with Crippen molar-refractivity contribution in [2.75, 3.05) is 0 Å². The monoisotopic (exact) mass is 300 g/mol. The van der Waals surface area contributed by atoms with E-state index in [-0.39, 0.29) is 41.7 Å². The maximum atomic E-state index is 4.82. The van der Waals surface area contributed by atoms with E-state index in [4.69, 9.17) is 4.65 Å². The molecule has 0 rings (SSSR count). The summed E-state index contributed by atoms with van der Waals surface area (Å²) in [5, 5.41) is 0. The molecule has 0 aromatic carbocycles. The number of nitrogens with zero attached hydrogens (tertiary/aromatic N) is 1. The van der Waals surface area contributed by atoms with Crippen molar-refractivity contribution in [1.29, 1.82) is 0 Å². The Bertz CT molecular complexity index is 80.9. The molecule has 1 radical (unpaired) electrons. The van der Waals surface area contributed by atoms with Crippen molar-refractivity contribution in [3.8, 4) is 0 Å². The number of hydrogen-bond acceptors (Lipinski definition) is 0. The SMILES string of the molecule is C[Si](C)(C)[N-][Si](C)(C)C.[Ce+3]. The predicted octanol–water partition coefficient (Wildman–Crippen LogP) is 3.03. The topological polar surface area (TPSA) is 14.1 Å². The smallest absolute Gasteiger partial charge is 0.668 e. The minimum atomic E-state index is -1.11. The van der Waals surface area contributed by atoms with Crippen molar-refractivity contribution in [2.45, 2.75) is 39.3 Å². The van der Waals surface area contributed by atoms with E-state index in [0.29, 0.717) is 0 Å². The van der Waals surface area contributed by atoms with Crippen LogP contribution in [-0.4, -0.2) is 16.5 Å². The van der Waals surface area contributed by atoms with Crippen molar-refractivity contribution < 1.29 is 41.7 Å². The first kappa shape index (κ1) is 14.3. The van der Waals surface area contributed by atoms with Gasteiger partial charge in [-0.3, -0.25) is 0 Å². The van der Waals surface area contributed by atoms with E-state index in [2.05, 4.69) is 39.3 Å². The number of hydrogen-bond donors (Lipinski definition) is 0. The zero-order chi connectivity index (χ0) is 7.71. The second-order valence-corrected chi connectivity index (χ2v) is 14.0. The van der Waals surface area contributed by atoms with Gasteiger partial charge in [0.15, 0.2) is 0 Å². The van der Waals surface area contributed by atoms with Gasteiger partial charge in [0.05, 0.1) is 0 Å². The molecule has 1 nitrogen and oxygen atoms in total. The Morgan fingerprint density at radius 1 is 0.700 bits per heavy atom. The van der Waals surface area contributed by atoms with E-state index in [0.717, 1.165) is 0 Å². The largest absolute Gasteiger partial charge is 3.00 e. The first-order chi connectivity index (χ1) is 3.71. The van der Waals surface area contributed by atoms with Crippen LogP contribution in [0.25, 0.3) is 4.65 Å². The summed E-state index contributed by atoms with van der Waals surface area (Å²) in [5.74, 6) is 0. The molecule has 0 saturated carbocycles. The van der Waals surface area contributed by atoms with Crippen LogP contribution >= 0.6 is 0 Å². The molecule has 0 heterocycles. The van der Waals surface area contributed by atoms with Crippen molar-refractivity contribution >= 4 is 16.5 Å². The first-order valence-corrected chi connectivity index (χ1v) is 10.3. The van der Waals surface area contributed by atoms with Crippen LogP contribution < -0.4 is 0 Å². The molecule has 0 aromatic heterocycles. The Morgan fingerprint density at radius 2 is 0.900 bits per heavy atom. The molecule has 0 aliphatic carbocycles. The molecule has 0 amide bonds. The summed E-state index contributed by atoms with van der Waals surface area (Å²) in [6, 6.07) is 0. The Kier molecular flexibility index (Phi) is 6.74. The van der Waals surface area contributed by atoms with Crippen molar-refractivity contribution in [3.05, 3.63) is 4.65 Å². The first-order valence-electron chi connectivity index (χ1n) is 3.45. The Balaban J connectivity index is 0. The molecule has 10 heavy (non-hydrogen) atoms. The maximum Gasteiger partial charge on any atom is 3.00 e. The summed E-state index contributed by atoms with van der Waals surface area (Å²) in [6.45, 7) is 13.8. The van der Waals surface area contributed by atoms with Crippen LogP contribution in [0.1, 0.15) is 0 Å². The van der Waals surface area contributed by atoms with Crippen LogP contribution in [0.3, 0.4) is 0 Å². The molecule has 0 N–H and O–H groups in total. The quantitative estimate of drug-likeness (QED) is 0.696. The van der Waals surface area contributed by atoms with E-state index in [1.165, 1.54) is 0 Å². The zero-order valence-corrected chi connectivity index (χ0v) is 13.1. The van der Waals surface area contributed by atoms with Crippen LogP contribution in [-0.2, 0) is 0 Å². The van der Waals surface area contributed by atoms with E-state index < -0.39 is 16.5 Å². The molecule has 0 atom stereocenters. The molecule has 0 aromatic rings. The normalized spacial score (nSPS) is 12.6. The van der Waals surface area contributed by atoms with Crippen LogP contribution in [0.4, 0.5) is 0 Å². The molecule has 4 heteroatoms. The summed E-state index contributed by atoms with van der Waals surface area (Å²) in [4.78, 5) is 0. The van der Waals surface area contributed by atoms with Crippen molar-refractivity contribution in [2.24, 2.45) is 0 Å². The average Bonchev–Trinajstić information content (AvgIpc) is 1.14. The van der Waals surface area contributed by atoms with Gasteiger partial charge < -0.3 is 4.65 Å². The van der Waals surface area contributed by atoms with E-state index in [1.807, 2.05) is 0 Å². The summed E-state index contributed by atoms with van der Waals surface area (Å²) in [6.07, 6.45) is 0. The second-order valence-electron chi connectivity index (χ2n) is 4.45. The van der Waals surface area contributed by atoms with Crippen LogP contribution in [0.5, 0.6) is 0 Å². The molecular formula is C6H18CeNSi2+2. The van der Waals surface area contributed by atoms with Crippen LogP contribution in [0.15, 0.2) is 0 Å². The maximum absolute atomic E-state index is 4.82. The van der Waals surface area contributed by atoms with Gasteiger partial charge in [-0.25, -0.2) is 0 Å². The standard InChI is InChI=1S/C6H18NSi2.Ce/c1-8(2,3)7-9(4,5)6;/h1-6H3;/q-1;+3. The molecule has 0 spiro atoms. The van der Waals surface area contributed by atoms with Crippen LogP contribution in [0.2, 0.25) is 39.3 Å². The Labute approximate surface area is 101 Å². The van der Waals surface area contributed by atoms with Gasteiger partial charge in [0.1, 0.15) is 0 Å². The molecule has 0 unspecified atom stereocenters. The summed E-state index contributed by atoms with van der Waals surface area (Å²) in [7, 11) is -2.21. The third-order valence-electron chi connectivity index (χ3n) is 0.671. The van der Waals surface area contributed by atoms with E-state index in [1.54, 1.807) is 0 Å². The zero-order valence-electron chi connectivity index (χ0n) is 7.95. The predicted molar refractivity (Wildman–Crippen MR) is 50.1 cm³/mol. The molecular weight excluding hydrogens is 282 g/mol. The number of rotatable bonds is 2. The molecule has 0 bridgehead atoms. The molecule has 0 fully saturated rings. The van der Waals surface area contributed by atoms with E-state index >= 15 is 0 Å². The molecule has 0 aliphatic rings. The van der Waals surface area contributed by atoms with Gasteiger partial charge in [-0.1, -0.05) is 55.8 Å². The average molecular weight is 301 g/mol. The van der Waals surface area contributed by atoms with Gasteiger partial charge in [-0.15, -0.1) is 0 Å². The minimum Gasteiger partial charge on any atom is -0.668 e.